The Kier molecular flexibility index (Phi) is 4.92. The Labute approximate surface area is 170 Å². The van der Waals surface area contributed by atoms with Crippen molar-refractivity contribution >= 4 is 38.4 Å². The number of amides is 1. The zero-order valence-electron chi connectivity index (χ0n) is 15.0. The molecule has 4 rings (SSSR count). The monoisotopic (exact) mass is 434 g/mol. The molecule has 1 aromatic heterocycles. The zero-order chi connectivity index (χ0) is 19.7. The third-order valence-corrected chi connectivity index (χ3v) is 4.95. The lowest BCUT2D eigenvalue weighted by Crippen LogP contribution is -2.14. The number of anilines is 1. The summed E-state index contributed by atoms with van der Waals surface area (Å²) in [5, 5.41) is 3.39. The highest BCUT2D eigenvalue weighted by Crippen LogP contribution is 2.27. The Morgan fingerprint density at radius 3 is 2.61 bits per heavy atom. The maximum absolute atomic E-state index is 14.2. The molecular weight excluding hydrogens is 419 g/mol. The van der Waals surface area contributed by atoms with Crippen LogP contribution >= 0.6 is 15.9 Å². The number of hydrogen-bond acceptors (Lipinski definition) is 2. The van der Waals surface area contributed by atoms with E-state index in [0.717, 1.165) is 11.1 Å². The van der Waals surface area contributed by atoms with Crippen LogP contribution in [0.25, 0.3) is 22.2 Å². The van der Waals surface area contributed by atoms with Gasteiger partial charge in [-0.05, 0) is 43.3 Å². The van der Waals surface area contributed by atoms with Gasteiger partial charge in [-0.1, -0.05) is 57.9 Å². The second-order valence-corrected chi connectivity index (χ2v) is 7.44. The van der Waals surface area contributed by atoms with Gasteiger partial charge in [0, 0.05) is 15.4 Å². The van der Waals surface area contributed by atoms with Crippen LogP contribution in [0, 0.1) is 12.7 Å². The summed E-state index contributed by atoms with van der Waals surface area (Å²) in [5.41, 5.74) is 4.02. The molecule has 0 fully saturated rings. The lowest BCUT2D eigenvalue weighted by molar-refractivity contribution is 0.102. The van der Waals surface area contributed by atoms with Crippen LogP contribution in [0.1, 0.15) is 15.9 Å². The molecule has 0 saturated heterocycles. The quantitative estimate of drug-likeness (QED) is 0.407. The molecule has 0 unspecified atom stereocenters. The summed E-state index contributed by atoms with van der Waals surface area (Å²) in [5.74, 6) is -0.881. The molecule has 0 saturated carbocycles. The Hall–Kier alpha value is -3.05. The van der Waals surface area contributed by atoms with E-state index in [1.54, 1.807) is 12.1 Å². The van der Waals surface area contributed by atoms with E-state index >= 15 is 0 Å². The summed E-state index contributed by atoms with van der Waals surface area (Å²) in [6, 6.07) is 21.7. The van der Waals surface area contributed by atoms with Gasteiger partial charge in [-0.3, -0.25) is 4.79 Å². The molecule has 0 bridgehead atoms. The molecule has 3 aromatic carbocycles. The van der Waals surface area contributed by atoms with E-state index < -0.39 is 5.82 Å². The minimum Gasteiger partial charge on any atom is -0.319 e. The maximum Gasteiger partial charge on any atom is 0.256 e. The summed E-state index contributed by atoms with van der Waals surface area (Å²) in [6.45, 7) is 2.01. The third-order valence-electron chi connectivity index (χ3n) is 4.45. The summed E-state index contributed by atoms with van der Waals surface area (Å²) in [7, 11) is 0. The zero-order valence-corrected chi connectivity index (χ0v) is 16.6. The van der Waals surface area contributed by atoms with Crippen LogP contribution in [0.3, 0.4) is 0 Å². The second-order valence-electron chi connectivity index (χ2n) is 6.52. The molecule has 1 amide bonds. The van der Waals surface area contributed by atoms with Crippen LogP contribution in [0.4, 0.5) is 10.1 Å². The Bertz CT molecular complexity index is 1210. The number of nitrogens with zero attached hydrogens (tertiary/aromatic N) is 1. The maximum atomic E-state index is 14.2. The van der Waals surface area contributed by atoms with E-state index in [0.29, 0.717) is 26.6 Å². The van der Waals surface area contributed by atoms with Crippen molar-refractivity contribution in [2.75, 3.05) is 5.32 Å². The number of carbonyl (C=O) groups is 1. The van der Waals surface area contributed by atoms with Gasteiger partial charge >= 0.3 is 0 Å². The smallest absolute Gasteiger partial charge is 0.256 e. The van der Waals surface area contributed by atoms with E-state index in [2.05, 4.69) is 21.2 Å². The molecule has 138 valence electrons. The lowest BCUT2D eigenvalue weighted by atomic mass is 10.0. The molecule has 0 aliphatic heterocycles. The number of aromatic nitrogens is 1. The first-order valence-electron chi connectivity index (χ1n) is 8.74. The van der Waals surface area contributed by atoms with E-state index in [-0.39, 0.29) is 11.6 Å². The number of hydrogen-bond donors (Lipinski definition) is 1. The highest BCUT2D eigenvalue weighted by atomic mass is 79.9. The molecule has 1 N–H and O–H groups in total. The molecule has 0 spiro atoms. The van der Waals surface area contributed by atoms with Gasteiger partial charge in [0.25, 0.3) is 5.91 Å². The minimum absolute atomic E-state index is 0.131. The summed E-state index contributed by atoms with van der Waals surface area (Å²) in [4.78, 5) is 17.7. The number of rotatable bonds is 3. The third kappa shape index (κ3) is 3.66. The SMILES string of the molecule is Cc1cccc(-c2cc(C(=O)Nc3ccc(Br)cc3F)c3ccccc3n2)c1. The van der Waals surface area contributed by atoms with E-state index in [1.165, 1.54) is 12.1 Å². The fourth-order valence-electron chi connectivity index (χ4n) is 3.10. The van der Waals surface area contributed by atoms with Crippen LogP contribution in [0.2, 0.25) is 0 Å². The number of para-hydroxylation sites is 1. The van der Waals surface area contributed by atoms with Crippen LogP contribution in [0.15, 0.2) is 77.3 Å². The molecule has 1 heterocycles. The van der Waals surface area contributed by atoms with Gasteiger partial charge in [0.05, 0.1) is 22.5 Å². The van der Waals surface area contributed by atoms with Crippen LogP contribution in [-0.2, 0) is 0 Å². The number of carbonyl (C=O) groups excluding carboxylic acids is 1. The van der Waals surface area contributed by atoms with Crippen molar-refractivity contribution in [3.63, 3.8) is 0 Å². The number of pyridine rings is 1. The molecule has 0 aliphatic carbocycles. The lowest BCUT2D eigenvalue weighted by Gasteiger charge is -2.11. The molecule has 4 aromatic rings. The van der Waals surface area contributed by atoms with Crippen molar-refractivity contribution in [2.24, 2.45) is 0 Å². The molecule has 5 heteroatoms. The van der Waals surface area contributed by atoms with Gasteiger partial charge in [0.2, 0.25) is 0 Å². The molecule has 0 radical (unpaired) electrons. The predicted molar refractivity (Wildman–Crippen MR) is 114 cm³/mol. The van der Waals surface area contributed by atoms with E-state index in [9.17, 15) is 9.18 Å². The van der Waals surface area contributed by atoms with Gasteiger partial charge in [-0.15, -0.1) is 0 Å². The van der Waals surface area contributed by atoms with E-state index in [1.807, 2.05) is 55.5 Å². The summed E-state index contributed by atoms with van der Waals surface area (Å²) in [6.07, 6.45) is 0. The Morgan fingerprint density at radius 2 is 1.82 bits per heavy atom. The number of nitrogens with one attached hydrogen (secondary N) is 1. The van der Waals surface area contributed by atoms with Crippen LogP contribution in [-0.4, -0.2) is 10.9 Å². The topological polar surface area (TPSA) is 42.0 Å². The number of benzene rings is 3. The minimum atomic E-state index is -0.500. The number of aryl methyl sites for hydroxylation is 1. The van der Waals surface area contributed by atoms with Gasteiger partial charge in [-0.25, -0.2) is 9.37 Å². The Balaban J connectivity index is 1.81. The van der Waals surface area contributed by atoms with Crippen molar-refractivity contribution in [3.8, 4) is 11.3 Å². The van der Waals surface area contributed by atoms with Gasteiger partial charge in [-0.2, -0.15) is 0 Å². The highest BCUT2D eigenvalue weighted by molar-refractivity contribution is 9.10. The number of fused-ring (bicyclic) bond motifs is 1. The first-order chi connectivity index (χ1) is 13.5. The van der Waals surface area contributed by atoms with Gasteiger partial charge in [0.15, 0.2) is 0 Å². The molecular formula is C23H16BrFN2O. The van der Waals surface area contributed by atoms with Gasteiger partial charge in [0.1, 0.15) is 5.82 Å². The summed E-state index contributed by atoms with van der Waals surface area (Å²) < 4.78 is 14.8. The van der Waals surface area contributed by atoms with Crippen LogP contribution < -0.4 is 5.32 Å². The largest absolute Gasteiger partial charge is 0.319 e. The van der Waals surface area contributed by atoms with Crippen molar-refractivity contribution in [3.05, 3.63) is 94.2 Å². The normalized spacial score (nSPS) is 10.8. The fourth-order valence-corrected chi connectivity index (χ4v) is 3.43. The standard InChI is InChI=1S/C23H16BrFN2O/c1-14-5-4-6-15(11-14)22-13-18(17-7-2-3-8-20(17)26-22)23(28)27-21-10-9-16(24)12-19(21)25/h2-13H,1H3,(H,27,28). The highest BCUT2D eigenvalue weighted by Gasteiger charge is 2.16. The van der Waals surface area contributed by atoms with Gasteiger partial charge < -0.3 is 5.32 Å². The fraction of sp³-hybridized carbons (Fsp3) is 0.0435. The Morgan fingerprint density at radius 1 is 1.00 bits per heavy atom. The average Bonchev–Trinajstić information content (AvgIpc) is 2.69. The first-order valence-corrected chi connectivity index (χ1v) is 9.54. The summed E-state index contributed by atoms with van der Waals surface area (Å²) >= 11 is 3.22. The molecule has 0 atom stereocenters. The number of halogens is 2. The van der Waals surface area contributed by atoms with Crippen molar-refractivity contribution < 1.29 is 9.18 Å². The van der Waals surface area contributed by atoms with Crippen molar-refractivity contribution in [1.82, 2.24) is 4.98 Å². The van der Waals surface area contributed by atoms with E-state index in [4.69, 9.17) is 4.98 Å². The first kappa shape index (κ1) is 18.3. The molecule has 3 nitrogen and oxygen atoms in total. The predicted octanol–water partition coefficient (Wildman–Crippen LogP) is 6.36. The molecule has 0 aliphatic rings. The average molecular weight is 435 g/mol. The molecule has 28 heavy (non-hydrogen) atoms. The second kappa shape index (κ2) is 7.52. The van der Waals surface area contributed by atoms with Crippen LogP contribution in [0.5, 0.6) is 0 Å². The van der Waals surface area contributed by atoms with Crippen molar-refractivity contribution in [1.29, 1.82) is 0 Å². The van der Waals surface area contributed by atoms with Crippen molar-refractivity contribution in [2.45, 2.75) is 6.92 Å².